The lowest BCUT2D eigenvalue weighted by molar-refractivity contribution is 0.0600. The maximum Gasteiger partial charge on any atom is 0.337 e. The number of allylic oxidation sites excluding steroid dienone is 2. The Morgan fingerprint density at radius 2 is 1.88 bits per heavy atom. The maximum atomic E-state index is 11.8. The topological polar surface area (TPSA) is 60.4 Å². The molecular formula is C13H10O4. The lowest BCUT2D eigenvalue weighted by Gasteiger charge is -2.13. The molecule has 0 atom stereocenters. The van der Waals surface area contributed by atoms with Gasteiger partial charge in [0.2, 0.25) is 0 Å². The quantitative estimate of drug-likeness (QED) is 0.690. The van der Waals surface area contributed by atoms with E-state index in [9.17, 15) is 14.4 Å². The van der Waals surface area contributed by atoms with E-state index in [0.717, 1.165) is 0 Å². The molecule has 0 amide bonds. The van der Waals surface area contributed by atoms with E-state index in [4.69, 9.17) is 0 Å². The Morgan fingerprint density at radius 3 is 2.53 bits per heavy atom. The zero-order chi connectivity index (χ0) is 12.6. The Labute approximate surface area is 97.9 Å². The molecular weight excluding hydrogens is 220 g/mol. The van der Waals surface area contributed by atoms with Gasteiger partial charge in [0.05, 0.1) is 12.7 Å². The molecule has 1 aromatic rings. The fourth-order valence-electron chi connectivity index (χ4n) is 1.74. The number of methoxy groups -OCH3 is 1. The summed E-state index contributed by atoms with van der Waals surface area (Å²) in [7, 11) is 1.26. The van der Waals surface area contributed by atoms with Gasteiger partial charge in [-0.25, -0.2) is 4.79 Å². The fraction of sp³-hybridized carbons (Fsp3) is 0.154. The van der Waals surface area contributed by atoms with Crippen LogP contribution in [0.3, 0.4) is 0 Å². The van der Waals surface area contributed by atoms with Crippen LogP contribution in [0.2, 0.25) is 0 Å². The van der Waals surface area contributed by atoms with Crippen LogP contribution in [0.25, 0.3) is 0 Å². The van der Waals surface area contributed by atoms with Crippen LogP contribution in [0.5, 0.6) is 0 Å². The predicted octanol–water partition coefficient (Wildman–Crippen LogP) is 1.80. The zero-order valence-electron chi connectivity index (χ0n) is 9.44. The number of benzene rings is 1. The van der Waals surface area contributed by atoms with Crippen molar-refractivity contribution in [3.05, 3.63) is 46.5 Å². The summed E-state index contributed by atoms with van der Waals surface area (Å²) in [6.45, 7) is 1.59. The van der Waals surface area contributed by atoms with Crippen molar-refractivity contribution in [2.45, 2.75) is 6.92 Å². The van der Waals surface area contributed by atoms with Gasteiger partial charge in [-0.2, -0.15) is 0 Å². The molecule has 0 aliphatic heterocycles. The van der Waals surface area contributed by atoms with Crippen molar-refractivity contribution in [1.82, 2.24) is 0 Å². The zero-order valence-corrected chi connectivity index (χ0v) is 9.44. The second-order valence-corrected chi connectivity index (χ2v) is 3.77. The maximum absolute atomic E-state index is 11.8. The minimum Gasteiger partial charge on any atom is -0.465 e. The van der Waals surface area contributed by atoms with E-state index >= 15 is 0 Å². The molecule has 0 heterocycles. The molecule has 0 saturated heterocycles. The Bertz CT molecular complexity index is 567. The van der Waals surface area contributed by atoms with E-state index in [-0.39, 0.29) is 22.7 Å². The van der Waals surface area contributed by atoms with E-state index in [1.54, 1.807) is 6.92 Å². The van der Waals surface area contributed by atoms with Crippen LogP contribution in [-0.4, -0.2) is 24.6 Å². The summed E-state index contributed by atoms with van der Waals surface area (Å²) in [5.41, 5.74) is 1.26. The first-order chi connectivity index (χ1) is 8.04. The normalized spacial score (nSPS) is 14.1. The summed E-state index contributed by atoms with van der Waals surface area (Å²) < 4.78 is 4.56. The molecule has 1 aliphatic carbocycles. The van der Waals surface area contributed by atoms with Gasteiger partial charge in [0, 0.05) is 16.7 Å². The van der Waals surface area contributed by atoms with Crippen molar-refractivity contribution in [2.75, 3.05) is 7.11 Å². The third-order valence-electron chi connectivity index (χ3n) is 2.66. The average molecular weight is 230 g/mol. The van der Waals surface area contributed by atoms with Gasteiger partial charge in [0.25, 0.3) is 0 Å². The highest BCUT2D eigenvalue weighted by molar-refractivity contribution is 6.24. The van der Waals surface area contributed by atoms with E-state index in [1.807, 2.05) is 0 Å². The lowest BCUT2D eigenvalue weighted by atomic mass is 9.89. The molecule has 0 radical (unpaired) electrons. The standard InChI is InChI=1S/C13H10O4/c1-7-5-11(14)10-6-8(13(16)17-2)3-4-9(10)12(7)15/h3-6H,1-2H3. The number of carbonyl (C=O) groups excluding carboxylic acids is 3. The Kier molecular flexibility index (Phi) is 2.63. The number of hydrogen-bond donors (Lipinski definition) is 0. The number of ether oxygens (including phenoxy) is 1. The highest BCUT2D eigenvalue weighted by Gasteiger charge is 2.24. The van der Waals surface area contributed by atoms with Gasteiger partial charge in [-0.3, -0.25) is 9.59 Å². The fourth-order valence-corrected chi connectivity index (χ4v) is 1.74. The smallest absolute Gasteiger partial charge is 0.337 e. The number of esters is 1. The summed E-state index contributed by atoms with van der Waals surface area (Å²) in [6, 6.07) is 4.36. The van der Waals surface area contributed by atoms with Crippen LogP contribution in [0.1, 0.15) is 38.0 Å². The van der Waals surface area contributed by atoms with Crippen LogP contribution < -0.4 is 0 Å². The van der Waals surface area contributed by atoms with Crippen molar-refractivity contribution >= 4 is 17.5 Å². The van der Waals surface area contributed by atoms with Gasteiger partial charge in [0.15, 0.2) is 11.6 Å². The minimum absolute atomic E-state index is 0.184. The van der Waals surface area contributed by atoms with Crippen molar-refractivity contribution in [3.63, 3.8) is 0 Å². The third-order valence-corrected chi connectivity index (χ3v) is 2.66. The number of Topliss-reactive ketones (excluding diaryl/α,β-unsaturated/α-hetero) is 1. The van der Waals surface area contributed by atoms with Gasteiger partial charge in [0.1, 0.15) is 0 Å². The first kappa shape index (κ1) is 11.3. The van der Waals surface area contributed by atoms with Crippen molar-refractivity contribution in [3.8, 4) is 0 Å². The Hall–Kier alpha value is -2.23. The van der Waals surface area contributed by atoms with Gasteiger partial charge in [-0.15, -0.1) is 0 Å². The lowest BCUT2D eigenvalue weighted by Crippen LogP contribution is -2.16. The molecule has 86 valence electrons. The molecule has 1 aromatic carbocycles. The molecule has 0 N–H and O–H groups in total. The van der Waals surface area contributed by atoms with E-state index < -0.39 is 5.97 Å². The second kappa shape index (κ2) is 3.97. The molecule has 4 nitrogen and oxygen atoms in total. The van der Waals surface area contributed by atoms with Crippen molar-refractivity contribution in [1.29, 1.82) is 0 Å². The summed E-state index contributed by atoms with van der Waals surface area (Å²) in [5, 5.41) is 0. The third kappa shape index (κ3) is 1.78. The van der Waals surface area contributed by atoms with Gasteiger partial charge in [-0.05, 0) is 31.2 Å². The monoisotopic (exact) mass is 230 g/mol. The van der Waals surface area contributed by atoms with E-state index in [2.05, 4.69) is 4.74 Å². The molecule has 17 heavy (non-hydrogen) atoms. The summed E-state index contributed by atoms with van der Waals surface area (Å²) in [6.07, 6.45) is 1.28. The van der Waals surface area contributed by atoms with Crippen LogP contribution in [0.15, 0.2) is 29.8 Å². The van der Waals surface area contributed by atoms with Crippen LogP contribution in [-0.2, 0) is 4.74 Å². The van der Waals surface area contributed by atoms with Crippen LogP contribution >= 0.6 is 0 Å². The first-order valence-corrected chi connectivity index (χ1v) is 5.04. The number of ketones is 2. The highest BCUT2D eigenvalue weighted by atomic mass is 16.5. The molecule has 1 aliphatic rings. The van der Waals surface area contributed by atoms with E-state index in [1.165, 1.54) is 31.4 Å². The molecule has 0 bridgehead atoms. The van der Waals surface area contributed by atoms with Gasteiger partial charge in [-0.1, -0.05) is 0 Å². The molecule has 0 unspecified atom stereocenters. The van der Waals surface area contributed by atoms with Crippen molar-refractivity contribution in [2.24, 2.45) is 0 Å². The molecule has 0 saturated carbocycles. The number of fused-ring (bicyclic) bond motifs is 1. The molecule has 0 spiro atoms. The number of carbonyl (C=O) groups is 3. The molecule has 0 aromatic heterocycles. The molecule has 4 heteroatoms. The first-order valence-electron chi connectivity index (χ1n) is 5.04. The summed E-state index contributed by atoms with van der Waals surface area (Å²) in [5.74, 6) is -0.974. The molecule has 0 fully saturated rings. The number of hydrogen-bond acceptors (Lipinski definition) is 4. The van der Waals surface area contributed by atoms with Crippen LogP contribution in [0.4, 0.5) is 0 Å². The van der Waals surface area contributed by atoms with E-state index in [0.29, 0.717) is 11.1 Å². The van der Waals surface area contributed by atoms with Gasteiger partial charge < -0.3 is 4.74 Å². The average Bonchev–Trinajstić information content (AvgIpc) is 2.34. The SMILES string of the molecule is COC(=O)c1ccc2c(c1)C(=O)C=C(C)C2=O. The summed E-state index contributed by atoms with van der Waals surface area (Å²) in [4.78, 5) is 34.8. The predicted molar refractivity (Wildman–Crippen MR) is 60.2 cm³/mol. The minimum atomic E-state index is -0.528. The highest BCUT2D eigenvalue weighted by Crippen LogP contribution is 2.22. The Morgan fingerprint density at radius 1 is 1.18 bits per heavy atom. The molecule has 2 rings (SSSR count). The summed E-state index contributed by atoms with van der Waals surface area (Å²) >= 11 is 0. The Balaban J connectivity index is 2.57. The largest absolute Gasteiger partial charge is 0.465 e. The number of rotatable bonds is 1. The second-order valence-electron chi connectivity index (χ2n) is 3.77. The van der Waals surface area contributed by atoms with Crippen LogP contribution in [0, 0.1) is 0 Å². The van der Waals surface area contributed by atoms with Gasteiger partial charge >= 0.3 is 5.97 Å². The van der Waals surface area contributed by atoms with Crippen molar-refractivity contribution < 1.29 is 19.1 Å².